The van der Waals surface area contributed by atoms with Gasteiger partial charge in [0.1, 0.15) is 5.75 Å². The SMILES string of the molecule is O=C(N/N=C\c1ccc(OCC(=O)N2CCCC2)cc1)C(=O)Nc1cccc(C(F)(F)F)c1. The van der Waals surface area contributed by atoms with Crippen molar-refractivity contribution in [2.24, 2.45) is 5.10 Å². The van der Waals surface area contributed by atoms with Crippen LogP contribution in [0.3, 0.4) is 0 Å². The first-order chi connectivity index (χ1) is 15.7. The Morgan fingerprint density at radius 1 is 1.03 bits per heavy atom. The van der Waals surface area contributed by atoms with Crippen molar-refractivity contribution < 1.29 is 32.3 Å². The number of nitrogens with one attached hydrogen (secondary N) is 2. The van der Waals surface area contributed by atoms with Crippen LogP contribution in [0.2, 0.25) is 0 Å². The normalized spacial score (nSPS) is 13.7. The molecule has 2 N–H and O–H groups in total. The molecule has 0 radical (unpaired) electrons. The number of halogens is 3. The van der Waals surface area contributed by atoms with Crippen molar-refractivity contribution in [2.45, 2.75) is 19.0 Å². The Balaban J connectivity index is 1.45. The highest BCUT2D eigenvalue weighted by Gasteiger charge is 2.30. The second-order valence-corrected chi connectivity index (χ2v) is 7.18. The van der Waals surface area contributed by atoms with E-state index in [1.165, 1.54) is 12.3 Å². The van der Waals surface area contributed by atoms with Gasteiger partial charge in [-0.05, 0) is 60.9 Å². The number of nitrogens with zero attached hydrogens (tertiary/aromatic N) is 2. The summed E-state index contributed by atoms with van der Waals surface area (Å²) in [6.07, 6.45) is -1.29. The summed E-state index contributed by atoms with van der Waals surface area (Å²) in [6, 6.07) is 10.4. The van der Waals surface area contributed by atoms with Crippen molar-refractivity contribution in [1.29, 1.82) is 0 Å². The molecule has 2 aromatic rings. The molecule has 2 aromatic carbocycles. The molecule has 0 saturated carbocycles. The van der Waals surface area contributed by atoms with Crippen LogP contribution in [0.1, 0.15) is 24.0 Å². The van der Waals surface area contributed by atoms with E-state index in [1.807, 2.05) is 5.43 Å². The summed E-state index contributed by atoms with van der Waals surface area (Å²) in [6.45, 7) is 1.45. The van der Waals surface area contributed by atoms with E-state index in [-0.39, 0.29) is 18.2 Å². The van der Waals surface area contributed by atoms with Crippen LogP contribution in [0, 0.1) is 0 Å². The maximum absolute atomic E-state index is 12.7. The number of likely N-dealkylation sites (tertiary alicyclic amines) is 1. The molecular weight excluding hydrogens is 441 g/mol. The molecule has 1 aliphatic rings. The van der Waals surface area contributed by atoms with Crippen molar-refractivity contribution in [3.8, 4) is 5.75 Å². The monoisotopic (exact) mass is 462 g/mol. The van der Waals surface area contributed by atoms with Crippen molar-refractivity contribution >= 4 is 29.6 Å². The van der Waals surface area contributed by atoms with E-state index in [4.69, 9.17) is 4.74 Å². The van der Waals surface area contributed by atoms with Crippen molar-refractivity contribution in [3.05, 3.63) is 59.7 Å². The number of ether oxygens (including phenoxy) is 1. The van der Waals surface area contributed by atoms with Crippen molar-refractivity contribution in [1.82, 2.24) is 10.3 Å². The highest BCUT2D eigenvalue weighted by Crippen LogP contribution is 2.30. The Labute approximate surface area is 187 Å². The van der Waals surface area contributed by atoms with Gasteiger partial charge in [-0.1, -0.05) is 6.07 Å². The molecule has 0 aliphatic carbocycles. The van der Waals surface area contributed by atoms with Gasteiger partial charge in [0.25, 0.3) is 5.91 Å². The zero-order valence-electron chi connectivity index (χ0n) is 17.4. The Hall–Kier alpha value is -3.89. The molecule has 174 valence electrons. The van der Waals surface area contributed by atoms with Crippen LogP contribution in [0.5, 0.6) is 5.75 Å². The van der Waals surface area contributed by atoms with Crippen LogP contribution in [0.4, 0.5) is 18.9 Å². The standard InChI is InChI=1S/C22H21F3N4O4/c23-22(24,25)16-4-3-5-17(12-16)27-20(31)21(32)28-26-13-15-6-8-18(9-7-15)33-14-19(30)29-10-1-2-11-29/h3-9,12-13H,1-2,10-11,14H2,(H,27,31)(H,28,32)/b26-13-. The summed E-state index contributed by atoms with van der Waals surface area (Å²) in [5, 5.41) is 5.73. The van der Waals surface area contributed by atoms with E-state index in [0.29, 0.717) is 11.3 Å². The van der Waals surface area contributed by atoms with E-state index in [9.17, 15) is 27.6 Å². The number of rotatable bonds is 6. The van der Waals surface area contributed by atoms with Crippen LogP contribution in [0.25, 0.3) is 0 Å². The molecule has 0 bridgehead atoms. The van der Waals surface area contributed by atoms with Crippen LogP contribution in [-0.4, -0.2) is 48.5 Å². The Morgan fingerprint density at radius 3 is 2.39 bits per heavy atom. The first-order valence-corrected chi connectivity index (χ1v) is 10.0. The number of benzene rings is 2. The van der Waals surface area contributed by atoms with E-state index < -0.39 is 23.6 Å². The summed E-state index contributed by atoms with van der Waals surface area (Å²) in [4.78, 5) is 37.4. The van der Waals surface area contributed by atoms with Gasteiger partial charge in [-0.2, -0.15) is 18.3 Å². The molecule has 0 atom stereocenters. The number of carbonyl (C=O) groups excluding carboxylic acids is 3. The molecular formula is C22H21F3N4O4. The number of hydrogen-bond donors (Lipinski definition) is 2. The molecule has 3 amide bonds. The highest BCUT2D eigenvalue weighted by atomic mass is 19.4. The van der Waals surface area contributed by atoms with Crippen molar-refractivity contribution in [2.75, 3.05) is 25.0 Å². The van der Waals surface area contributed by atoms with Gasteiger partial charge in [-0.3, -0.25) is 14.4 Å². The lowest BCUT2D eigenvalue weighted by molar-refractivity contribution is -0.137. The minimum absolute atomic E-state index is 0.0511. The molecule has 0 spiro atoms. The van der Waals surface area contributed by atoms with Crippen LogP contribution in [-0.2, 0) is 20.6 Å². The molecule has 3 rings (SSSR count). The maximum atomic E-state index is 12.7. The first kappa shape index (κ1) is 23.8. The minimum atomic E-state index is -4.57. The van der Waals surface area contributed by atoms with Gasteiger partial charge >= 0.3 is 18.0 Å². The smallest absolute Gasteiger partial charge is 0.416 e. The van der Waals surface area contributed by atoms with Crippen LogP contribution >= 0.6 is 0 Å². The minimum Gasteiger partial charge on any atom is -0.484 e. The fraction of sp³-hybridized carbons (Fsp3) is 0.273. The third kappa shape index (κ3) is 7.06. The van der Waals surface area contributed by atoms with E-state index >= 15 is 0 Å². The largest absolute Gasteiger partial charge is 0.484 e. The van der Waals surface area contributed by atoms with E-state index in [2.05, 4.69) is 10.4 Å². The fourth-order valence-electron chi connectivity index (χ4n) is 3.03. The van der Waals surface area contributed by atoms with Crippen LogP contribution in [0.15, 0.2) is 53.6 Å². The summed E-state index contributed by atoms with van der Waals surface area (Å²) in [5.41, 5.74) is 1.45. The van der Waals surface area contributed by atoms with Gasteiger partial charge in [0.15, 0.2) is 6.61 Å². The highest BCUT2D eigenvalue weighted by molar-refractivity contribution is 6.39. The third-order valence-electron chi connectivity index (χ3n) is 4.73. The molecule has 1 heterocycles. The lowest BCUT2D eigenvalue weighted by atomic mass is 10.2. The second kappa shape index (κ2) is 10.6. The predicted octanol–water partition coefficient (Wildman–Crippen LogP) is 2.80. The Morgan fingerprint density at radius 2 is 1.73 bits per heavy atom. The number of carbonyl (C=O) groups is 3. The quantitative estimate of drug-likeness (QED) is 0.392. The summed E-state index contributed by atoms with van der Waals surface area (Å²) < 4.78 is 43.6. The van der Waals surface area contributed by atoms with E-state index in [1.54, 1.807) is 29.2 Å². The van der Waals surface area contributed by atoms with Gasteiger partial charge in [0.2, 0.25) is 0 Å². The van der Waals surface area contributed by atoms with Gasteiger partial charge in [0.05, 0.1) is 11.8 Å². The van der Waals surface area contributed by atoms with Gasteiger partial charge in [-0.15, -0.1) is 0 Å². The Bertz CT molecular complexity index is 1030. The van der Waals surface area contributed by atoms with Crippen LogP contribution < -0.4 is 15.5 Å². The summed E-state index contributed by atoms with van der Waals surface area (Å²) in [5.74, 6) is -1.89. The molecule has 8 nitrogen and oxygen atoms in total. The zero-order chi connectivity index (χ0) is 23.8. The van der Waals surface area contributed by atoms with Gasteiger partial charge < -0.3 is 15.0 Å². The molecule has 1 aliphatic heterocycles. The van der Waals surface area contributed by atoms with Crippen molar-refractivity contribution in [3.63, 3.8) is 0 Å². The predicted molar refractivity (Wildman–Crippen MR) is 114 cm³/mol. The maximum Gasteiger partial charge on any atom is 0.416 e. The molecule has 0 aromatic heterocycles. The number of hydrogen-bond acceptors (Lipinski definition) is 5. The number of hydrazone groups is 1. The average molecular weight is 462 g/mol. The fourth-order valence-corrected chi connectivity index (χ4v) is 3.03. The lowest BCUT2D eigenvalue weighted by Crippen LogP contribution is -2.32. The summed E-state index contributed by atoms with van der Waals surface area (Å²) >= 11 is 0. The van der Waals surface area contributed by atoms with Gasteiger partial charge in [0, 0.05) is 18.8 Å². The van der Waals surface area contributed by atoms with E-state index in [0.717, 1.165) is 44.1 Å². The Kier molecular flexibility index (Phi) is 7.65. The number of alkyl halides is 3. The third-order valence-corrected chi connectivity index (χ3v) is 4.73. The molecule has 11 heteroatoms. The lowest BCUT2D eigenvalue weighted by Gasteiger charge is -2.15. The number of amides is 3. The molecule has 33 heavy (non-hydrogen) atoms. The summed E-state index contributed by atoms with van der Waals surface area (Å²) in [7, 11) is 0. The molecule has 1 saturated heterocycles. The average Bonchev–Trinajstić information content (AvgIpc) is 3.33. The molecule has 0 unspecified atom stereocenters. The molecule has 1 fully saturated rings. The first-order valence-electron chi connectivity index (χ1n) is 10.0. The van der Waals surface area contributed by atoms with Gasteiger partial charge in [-0.25, -0.2) is 5.43 Å². The topological polar surface area (TPSA) is 100 Å². The number of anilines is 1. The second-order valence-electron chi connectivity index (χ2n) is 7.18. The zero-order valence-corrected chi connectivity index (χ0v) is 17.4.